The molecule has 0 bridgehead atoms. The first-order valence-corrected chi connectivity index (χ1v) is 6.07. The van der Waals surface area contributed by atoms with Crippen LogP contribution in [0.2, 0.25) is 5.15 Å². The summed E-state index contributed by atoms with van der Waals surface area (Å²) in [5.74, 6) is 0. The van der Waals surface area contributed by atoms with Crippen LogP contribution in [0.15, 0.2) is 27.4 Å². The monoisotopic (exact) mass is 299 g/mol. The second-order valence-corrected chi connectivity index (χ2v) is 4.70. The zero-order chi connectivity index (χ0) is 14.0. The predicted molar refractivity (Wildman–Crippen MR) is 67.4 cm³/mol. The molecule has 19 heavy (non-hydrogen) atoms. The minimum atomic E-state index is -0.682. The second-order valence-electron chi connectivity index (χ2n) is 3.37. The Morgan fingerprint density at radius 2 is 2.21 bits per heavy atom. The fourth-order valence-electron chi connectivity index (χ4n) is 1.26. The van der Waals surface area contributed by atoms with Gasteiger partial charge >= 0.3 is 5.69 Å². The molecule has 0 aliphatic rings. The van der Waals surface area contributed by atoms with E-state index in [2.05, 4.69) is 19.9 Å². The molecule has 0 unspecified atom stereocenters. The van der Waals surface area contributed by atoms with Gasteiger partial charge in [0, 0.05) is 11.8 Å². The summed E-state index contributed by atoms with van der Waals surface area (Å²) < 4.78 is 0. The van der Waals surface area contributed by atoms with Gasteiger partial charge in [0.25, 0.3) is 5.56 Å². The molecule has 0 amide bonds. The average Bonchev–Trinajstić information content (AvgIpc) is 2.26. The molecule has 1 N–H and O–H groups in total. The van der Waals surface area contributed by atoms with Crippen molar-refractivity contribution in [3.05, 3.63) is 43.7 Å². The Hall–Kier alpha value is -2.00. The van der Waals surface area contributed by atoms with Crippen molar-refractivity contribution >= 4 is 29.1 Å². The van der Waals surface area contributed by atoms with Gasteiger partial charge in [0.15, 0.2) is 10.2 Å². The minimum absolute atomic E-state index is 0.0127. The van der Waals surface area contributed by atoms with Gasteiger partial charge in [-0.1, -0.05) is 11.6 Å². The lowest BCUT2D eigenvalue weighted by Crippen LogP contribution is -2.08. The van der Waals surface area contributed by atoms with Crippen molar-refractivity contribution in [2.24, 2.45) is 0 Å². The molecule has 8 nitrogen and oxygen atoms in total. The van der Waals surface area contributed by atoms with E-state index in [9.17, 15) is 14.9 Å². The minimum Gasteiger partial charge on any atom is -0.301 e. The molecular weight excluding hydrogens is 294 g/mol. The molecule has 2 heterocycles. The molecule has 2 aromatic rings. The lowest BCUT2D eigenvalue weighted by Gasteiger charge is -2.02. The molecule has 0 saturated carbocycles. The molecule has 0 spiro atoms. The summed E-state index contributed by atoms with van der Waals surface area (Å²) in [4.78, 5) is 35.3. The Balaban J connectivity index is 2.46. The third-order valence-electron chi connectivity index (χ3n) is 1.97. The van der Waals surface area contributed by atoms with Crippen LogP contribution in [0.5, 0.6) is 0 Å². The third-order valence-corrected chi connectivity index (χ3v) is 3.12. The second kappa shape index (κ2) is 5.33. The number of nitrogens with zero attached hydrogens (tertiary/aromatic N) is 4. The molecule has 0 aliphatic carbocycles. The van der Waals surface area contributed by atoms with Crippen molar-refractivity contribution in [1.82, 2.24) is 19.9 Å². The average molecular weight is 300 g/mol. The molecule has 0 saturated heterocycles. The normalized spacial score (nSPS) is 10.4. The maximum absolute atomic E-state index is 11.3. The van der Waals surface area contributed by atoms with Crippen LogP contribution < -0.4 is 5.56 Å². The van der Waals surface area contributed by atoms with Crippen molar-refractivity contribution in [2.75, 3.05) is 0 Å². The van der Waals surface area contributed by atoms with Crippen LogP contribution in [-0.4, -0.2) is 24.9 Å². The van der Waals surface area contributed by atoms with Gasteiger partial charge in [-0.3, -0.25) is 14.9 Å². The number of H-pyrrole nitrogens is 1. The van der Waals surface area contributed by atoms with Crippen molar-refractivity contribution in [3.8, 4) is 0 Å². The molecule has 0 radical (unpaired) electrons. The molecule has 2 aromatic heterocycles. The lowest BCUT2D eigenvalue weighted by atomic mass is 10.5. The summed E-state index contributed by atoms with van der Waals surface area (Å²) >= 11 is 6.50. The first kappa shape index (κ1) is 13.4. The number of nitro groups is 1. The summed E-state index contributed by atoms with van der Waals surface area (Å²) in [6.45, 7) is 1.64. The Morgan fingerprint density at radius 3 is 2.84 bits per heavy atom. The molecule has 10 heteroatoms. The van der Waals surface area contributed by atoms with E-state index in [1.54, 1.807) is 6.92 Å². The largest absolute Gasteiger partial charge is 0.338 e. The highest BCUT2D eigenvalue weighted by Gasteiger charge is 2.23. The summed E-state index contributed by atoms with van der Waals surface area (Å²) in [5.41, 5.74) is -0.273. The van der Waals surface area contributed by atoms with E-state index in [1.165, 1.54) is 6.07 Å². The van der Waals surface area contributed by atoms with E-state index in [4.69, 9.17) is 11.6 Å². The first-order valence-electron chi connectivity index (χ1n) is 4.88. The van der Waals surface area contributed by atoms with Crippen LogP contribution >= 0.6 is 23.4 Å². The molecule has 0 aliphatic heterocycles. The summed E-state index contributed by atoms with van der Waals surface area (Å²) in [7, 11) is 0. The Bertz CT molecular complexity index is 704. The number of aromatic nitrogens is 4. The SMILES string of the molecule is Cc1cc(=O)[nH]c(Sc2ncnc(Cl)c2[N+](=O)[O-])n1. The first-order chi connectivity index (χ1) is 8.97. The van der Waals surface area contributed by atoms with Gasteiger partial charge in [0.1, 0.15) is 6.33 Å². The third kappa shape index (κ3) is 3.06. The summed E-state index contributed by atoms with van der Waals surface area (Å²) in [5, 5.41) is 10.8. The highest BCUT2D eigenvalue weighted by molar-refractivity contribution is 7.99. The smallest absolute Gasteiger partial charge is 0.301 e. The fraction of sp³-hybridized carbons (Fsp3) is 0.111. The van der Waals surface area contributed by atoms with E-state index in [1.807, 2.05) is 0 Å². The van der Waals surface area contributed by atoms with Crippen LogP contribution in [0.25, 0.3) is 0 Å². The zero-order valence-corrected chi connectivity index (χ0v) is 11.0. The number of halogens is 1. The maximum Gasteiger partial charge on any atom is 0.338 e. The summed E-state index contributed by atoms with van der Waals surface area (Å²) in [6, 6.07) is 1.31. The predicted octanol–water partition coefficient (Wildman–Crippen LogP) is 1.58. The van der Waals surface area contributed by atoms with E-state index >= 15 is 0 Å². The lowest BCUT2D eigenvalue weighted by molar-refractivity contribution is -0.388. The number of nitrogens with one attached hydrogen (secondary N) is 1. The van der Waals surface area contributed by atoms with Crippen LogP contribution in [0.1, 0.15) is 5.69 Å². The van der Waals surface area contributed by atoms with Gasteiger partial charge in [-0.05, 0) is 18.7 Å². The van der Waals surface area contributed by atoms with Crippen LogP contribution in [-0.2, 0) is 0 Å². The van der Waals surface area contributed by atoms with Crippen LogP contribution in [0.4, 0.5) is 5.69 Å². The molecule has 0 aromatic carbocycles. The summed E-state index contributed by atoms with van der Waals surface area (Å²) in [6.07, 6.45) is 1.10. The van der Waals surface area contributed by atoms with E-state index < -0.39 is 10.6 Å². The number of aryl methyl sites for hydroxylation is 1. The van der Waals surface area contributed by atoms with Gasteiger partial charge in [-0.15, -0.1) is 0 Å². The molecule has 2 rings (SSSR count). The van der Waals surface area contributed by atoms with Crippen molar-refractivity contribution in [1.29, 1.82) is 0 Å². The van der Waals surface area contributed by atoms with Crippen molar-refractivity contribution in [3.63, 3.8) is 0 Å². The van der Waals surface area contributed by atoms with Gasteiger partial charge in [0.05, 0.1) is 4.92 Å². The van der Waals surface area contributed by atoms with Gasteiger partial charge in [-0.2, -0.15) is 0 Å². The maximum atomic E-state index is 11.3. The fourth-order valence-corrected chi connectivity index (χ4v) is 2.41. The number of rotatable bonds is 3. The molecule has 0 fully saturated rings. The molecular formula is C9H6ClN5O3S. The Labute approximate surface area is 115 Å². The quantitative estimate of drug-likeness (QED) is 0.396. The number of aromatic amines is 1. The van der Waals surface area contributed by atoms with Crippen LogP contribution in [0.3, 0.4) is 0 Å². The molecule has 0 atom stereocenters. The van der Waals surface area contributed by atoms with E-state index in [-0.39, 0.29) is 20.9 Å². The Morgan fingerprint density at radius 1 is 1.47 bits per heavy atom. The van der Waals surface area contributed by atoms with Gasteiger partial charge in [-0.25, -0.2) is 15.0 Å². The number of hydrogen-bond acceptors (Lipinski definition) is 7. The highest BCUT2D eigenvalue weighted by atomic mass is 35.5. The van der Waals surface area contributed by atoms with Crippen LogP contribution in [0, 0.1) is 17.0 Å². The topological polar surface area (TPSA) is 115 Å². The zero-order valence-electron chi connectivity index (χ0n) is 9.45. The standard InChI is InChI=1S/C9H6ClN5O3S/c1-4-2-5(16)14-9(13-4)19-8-6(15(17)18)7(10)11-3-12-8/h2-3H,1H3,(H,13,14,16). The van der Waals surface area contributed by atoms with E-state index in [0.717, 1.165) is 18.1 Å². The molecule has 98 valence electrons. The number of hydrogen-bond donors (Lipinski definition) is 1. The Kier molecular flexibility index (Phi) is 3.76. The van der Waals surface area contributed by atoms with Gasteiger partial charge in [0.2, 0.25) is 5.15 Å². The van der Waals surface area contributed by atoms with Crippen molar-refractivity contribution in [2.45, 2.75) is 17.1 Å². The highest BCUT2D eigenvalue weighted by Crippen LogP contribution is 2.34. The van der Waals surface area contributed by atoms with E-state index in [0.29, 0.717) is 5.69 Å². The van der Waals surface area contributed by atoms with Crippen molar-refractivity contribution < 1.29 is 4.92 Å². The van der Waals surface area contributed by atoms with Gasteiger partial charge < -0.3 is 4.98 Å².